The van der Waals surface area contributed by atoms with Crippen molar-refractivity contribution >= 4 is 6.09 Å². The number of hydrogen-bond acceptors (Lipinski definition) is 5. The summed E-state index contributed by atoms with van der Waals surface area (Å²) in [6.07, 6.45) is 1.67. The Labute approximate surface area is 107 Å². The van der Waals surface area contributed by atoms with Crippen LogP contribution in [0.5, 0.6) is 0 Å². The van der Waals surface area contributed by atoms with Crippen molar-refractivity contribution in [1.29, 1.82) is 5.26 Å². The number of ether oxygens (including phenoxy) is 1. The van der Waals surface area contributed by atoms with Crippen molar-refractivity contribution in [3.8, 4) is 6.07 Å². The fraction of sp³-hybridized carbons (Fsp3) is 0.667. The van der Waals surface area contributed by atoms with Crippen LogP contribution in [-0.2, 0) is 4.74 Å². The number of nitrogens with two attached hydrogens (primary N) is 1. The average Bonchev–Trinajstić information content (AvgIpc) is 2.63. The number of rotatable bonds is 2. The number of amides is 1. The molecule has 0 saturated carbocycles. The number of hydrogen-bond donors (Lipinski definition) is 2. The smallest absolute Gasteiger partial charge is 0.407 e. The summed E-state index contributed by atoms with van der Waals surface area (Å²) in [6.45, 7) is 6.79. The van der Waals surface area contributed by atoms with Gasteiger partial charge in [-0.25, -0.2) is 4.79 Å². The summed E-state index contributed by atoms with van der Waals surface area (Å²) in [4.78, 5) is 13.4. The van der Waals surface area contributed by atoms with Crippen LogP contribution in [0.3, 0.4) is 0 Å². The van der Waals surface area contributed by atoms with Crippen molar-refractivity contribution < 1.29 is 9.53 Å². The standard InChI is InChI=1S/C12H20N4O2/c1-12(2,3)18-11(17)15-9-5-7-16(8-9)10(14)4-6-13/h4,9H,5,7-8,14H2,1-3H3,(H,15,17)/b10-4+/t9-/m1/s1. The predicted molar refractivity (Wildman–Crippen MR) is 67.2 cm³/mol. The molecule has 0 spiro atoms. The molecule has 0 aliphatic carbocycles. The highest BCUT2D eigenvalue weighted by Gasteiger charge is 2.26. The summed E-state index contributed by atoms with van der Waals surface area (Å²) in [7, 11) is 0. The van der Waals surface area contributed by atoms with E-state index in [4.69, 9.17) is 15.7 Å². The Hall–Kier alpha value is -1.90. The number of likely N-dealkylation sites (tertiary alicyclic amines) is 1. The van der Waals surface area contributed by atoms with E-state index in [1.54, 1.807) is 0 Å². The van der Waals surface area contributed by atoms with Gasteiger partial charge in [0.15, 0.2) is 0 Å². The topological polar surface area (TPSA) is 91.4 Å². The number of carbonyl (C=O) groups is 1. The van der Waals surface area contributed by atoms with E-state index < -0.39 is 11.7 Å². The van der Waals surface area contributed by atoms with E-state index in [2.05, 4.69) is 5.32 Å². The number of allylic oxidation sites excluding steroid dienone is 1. The van der Waals surface area contributed by atoms with Gasteiger partial charge in [-0.3, -0.25) is 0 Å². The lowest BCUT2D eigenvalue weighted by Gasteiger charge is -2.22. The lowest BCUT2D eigenvalue weighted by atomic mass is 10.2. The lowest BCUT2D eigenvalue weighted by molar-refractivity contribution is 0.0506. The van der Waals surface area contributed by atoms with Crippen LogP contribution < -0.4 is 11.1 Å². The van der Waals surface area contributed by atoms with Crippen LogP contribution in [0, 0.1) is 11.3 Å². The van der Waals surface area contributed by atoms with Crippen LogP contribution in [0.25, 0.3) is 0 Å². The van der Waals surface area contributed by atoms with Gasteiger partial charge in [-0.1, -0.05) is 0 Å². The van der Waals surface area contributed by atoms with Gasteiger partial charge < -0.3 is 20.7 Å². The normalized spacial score (nSPS) is 20.4. The van der Waals surface area contributed by atoms with Crippen LogP contribution in [0.15, 0.2) is 11.9 Å². The maximum atomic E-state index is 11.6. The van der Waals surface area contributed by atoms with Gasteiger partial charge in [-0.15, -0.1) is 0 Å². The van der Waals surface area contributed by atoms with E-state index in [0.717, 1.165) is 13.0 Å². The van der Waals surface area contributed by atoms with Crippen molar-refractivity contribution in [2.24, 2.45) is 5.73 Å². The molecule has 6 heteroatoms. The molecule has 18 heavy (non-hydrogen) atoms. The highest BCUT2D eigenvalue weighted by molar-refractivity contribution is 5.68. The molecule has 100 valence electrons. The average molecular weight is 252 g/mol. The second-order valence-corrected chi connectivity index (χ2v) is 5.28. The van der Waals surface area contributed by atoms with E-state index in [1.807, 2.05) is 31.7 Å². The molecule has 6 nitrogen and oxygen atoms in total. The molecule has 0 radical (unpaired) electrons. The van der Waals surface area contributed by atoms with Gasteiger partial charge in [0.1, 0.15) is 11.4 Å². The van der Waals surface area contributed by atoms with Gasteiger partial charge >= 0.3 is 6.09 Å². The summed E-state index contributed by atoms with van der Waals surface area (Å²) < 4.78 is 5.18. The molecule has 0 aromatic rings. The molecule has 3 N–H and O–H groups in total. The Bertz CT molecular complexity index is 379. The third-order valence-electron chi connectivity index (χ3n) is 2.49. The second kappa shape index (κ2) is 5.63. The molecule has 0 bridgehead atoms. The number of nitrogens with zero attached hydrogens (tertiary/aromatic N) is 2. The summed E-state index contributed by atoms with van der Waals surface area (Å²) in [5.41, 5.74) is 5.21. The fourth-order valence-corrected chi connectivity index (χ4v) is 1.74. The Balaban J connectivity index is 2.42. The Morgan fingerprint density at radius 2 is 2.28 bits per heavy atom. The molecular weight excluding hydrogens is 232 g/mol. The molecule has 1 atom stereocenters. The predicted octanol–water partition coefficient (Wildman–Crippen LogP) is 0.909. The van der Waals surface area contributed by atoms with Crippen molar-refractivity contribution in [1.82, 2.24) is 10.2 Å². The molecule has 0 aromatic heterocycles. The minimum Gasteiger partial charge on any atom is -0.444 e. The third kappa shape index (κ3) is 4.53. The first-order valence-corrected chi connectivity index (χ1v) is 5.91. The minimum absolute atomic E-state index is 0.00509. The Morgan fingerprint density at radius 1 is 1.61 bits per heavy atom. The van der Waals surface area contributed by atoms with E-state index in [-0.39, 0.29) is 6.04 Å². The first kappa shape index (κ1) is 14.2. The lowest BCUT2D eigenvalue weighted by Crippen LogP contribution is -2.40. The molecule has 1 aliphatic heterocycles. The van der Waals surface area contributed by atoms with Crippen molar-refractivity contribution in [3.63, 3.8) is 0 Å². The van der Waals surface area contributed by atoms with Gasteiger partial charge in [0, 0.05) is 13.1 Å². The zero-order valence-electron chi connectivity index (χ0n) is 11.1. The maximum absolute atomic E-state index is 11.6. The minimum atomic E-state index is -0.498. The molecule has 1 rings (SSSR count). The van der Waals surface area contributed by atoms with Crippen LogP contribution in [0.1, 0.15) is 27.2 Å². The van der Waals surface area contributed by atoms with Crippen molar-refractivity contribution in [3.05, 3.63) is 11.9 Å². The van der Waals surface area contributed by atoms with Crippen LogP contribution in [-0.4, -0.2) is 35.7 Å². The van der Waals surface area contributed by atoms with Crippen LogP contribution in [0.4, 0.5) is 4.79 Å². The largest absolute Gasteiger partial charge is 0.444 e. The monoisotopic (exact) mass is 252 g/mol. The Morgan fingerprint density at radius 3 is 2.83 bits per heavy atom. The van der Waals surface area contributed by atoms with Gasteiger partial charge in [0.05, 0.1) is 18.2 Å². The summed E-state index contributed by atoms with van der Waals surface area (Å²) in [5.74, 6) is 0.436. The van der Waals surface area contributed by atoms with Crippen molar-refractivity contribution in [2.75, 3.05) is 13.1 Å². The van der Waals surface area contributed by atoms with Crippen LogP contribution in [0.2, 0.25) is 0 Å². The van der Waals surface area contributed by atoms with E-state index >= 15 is 0 Å². The summed E-state index contributed by atoms with van der Waals surface area (Å²) in [5, 5.41) is 11.3. The van der Waals surface area contributed by atoms with E-state index in [1.165, 1.54) is 6.08 Å². The third-order valence-corrected chi connectivity index (χ3v) is 2.49. The SMILES string of the molecule is CC(C)(C)OC(=O)N[C@@H]1CCN(/C(N)=C/C#N)C1. The number of nitrogens with one attached hydrogen (secondary N) is 1. The first-order valence-electron chi connectivity index (χ1n) is 5.91. The molecule has 1 fully saturated rings. The number of carbonyl (C=O) groups excluding carboxylic acids is 1. The molecule has 1 saturated heterocycles. The second-order valence-electron chi connectivity index (χ2n) is 5.28. The number of alkyl carbamates (subject to hydrolysis) is 1. The summed E-state index contributed by atoms with van der Waals surface area (Å²) in [6, 6.07) is 1.90. The van der Waals surface area contributed by atoms with Gasteiger partial charge in [-0.05, 0) is 27.2 Å². The first-order chi connectivity index (χ1) is 8.31. The van der Waals surface area contributed by atoms with Crippen molar-refractivity contribution in [2.45, 2.75) is 38.8 Å². The molecule has 1 aliphatic rings. The number of nitriles is 1. The maximum Gasteiger partial charge on any atom is 0.407 e. The summed E-state index contributed by atoms with van der Waals surface area (Å²) >= 11 is 0. The highest BCUT2D eigenvalue weighted by Crippen LogP contribution is 2.13. The quantitative estimate of drug-likeness (QED) is 0.713. The molecule has 0 aromatic carbocycles. The van der Waals surface area contributed by atoms with E-state index in [9.17, 15) is 4.79 Å². The molecule has 0 unspecified atom stereocenters. The molecular formula is C12H20N4O2. The zero-order chi connectivity index (χ0) is 13.8. The van der Waals surface area contributed by atoms with Gasteiger partial charge in [0.25, 0.3) is 0 Å². The van der Waals surface area contributed by atoms with Gasteiger partial charge in [0.2, 0.25) is 0 Å². The van der Waals surface area contributed by atoms with Gasteiger partial charge in [-0.2, -0.15) is 5.26 Å². The fourth-order valence-electron chi connectivity index (χ4n) is 1.74. The van der Waals surface area contributed by atoms with E-state index in [0.29, 0.717) is 12.4 Å². The Kier molecular flexibility index (Phi) is 4.43. The molecule has 1 heterocycles. The van der Waals surface area contributed by atoms with Crippen LogP contribution >= 0.6 is 0 Å². The molecule has 1 amide bonds. The highest BCUT2D eigenvalue weighted by atomic mass is 16.6. The zero-order valence-corrected chi connectivity index (χ0v) is 11.1.